The third kappa shape index (κ3) is 3.75. The first-order valence-corrected chi connectivity index (χ1v) is 8.43. The Kier molecular flexibility index (Phi) is 5.10. The molecule has 0 saturated heterocycles. The number of aliphatic hydroxyl groups is 1. The number of ether oxygens (including phenoxy) is 1. The summed E-state index contributed by atoms with van der Waals surface area (Å²) < 4.78 is 45.7. The Morgan fingerprint density at radius 2 is 1.96 bits per heavy atom. The lowest BCUT2D eigenvalue weighted by atomic mass is 9.92. The van der Waals surface area contributed by atoms with Crippen LogP contribution in [0.3, 0.4) is 0 Å². The van der Waals surface area contributed by atoms with Crippen LogP contribution in [0.25, 0.3) is 0 Å². The number of amides is 1. The molecular weight excluding hydrogens is 361 g/mol. The molecule has 1 unspecified atom stereocenters. The van der Waals surface area contributed by atoms with Crippen molar-refractivity contribution in [2.24, 2.45) is 0 Å². The third-order valence-electron chi connectivity index (χ3n) is 4.56. The molecule has 1 aromatic heterocycles. The fraction of sp³-hybridized carbons (Fsp3) is 0.368. The Morgan fingerprint density at radius 1 is 1.30 bits per heavy atom. The van der Waals surface area contributed by atoms with Crippen molar-refractivity contribution in [1.29, 1.82) is 0 Å². The summed E-state index contributed by atoms with van der Waals surface area (Å²) in [5.41, 5.74) is -2.79. The van der Waals surface area contributed by atoms with Crippen molar-refractivity contribution in [3.8, 4) is 5.88 Å². The molecule has 0 radical (unpaired) electrons. The minimum Gasteiger partial charge on any atom is -0.481 e. The molecule has 0 aliphatic heterocycles. The van der Waals surface area contributed by atoms with Crippen LogP contribution in [0.1, 0.15) is 35.4 Å². The molecule has 1 aliphatic carbocycles. The van der Waals surface area contributed by atoms with Crippen molar-refractivity contribution in [3.63, 3.8) is 0 Å². The smallest absolute Gasteiger partial charge is 0.430 e. The van der Waals surface area contributed by atoms with Gasteiger partial charge in [0.15, 0.2) is 0 Å². The summed E-state index contributed by atoms with van der Waals surface area (Å²) >= 11 is 0. The molecule has 1 aromatic carbocycles. The Balaban J connectivity index is 1.84. The number of benzene rings is 1. The standard InChI is InChI=1S/C19H19F3N2O3/c1-27-16-14(9-13(10-23-16)12-7-8-12)11-24-17(25)18(26,19(20,21)22)15-5-3-2-4-6-15/h2-6,9-10,12,26H,7-8,11H2,1H3,(H,24,25). The van der Waals surface area contributed by atoms with E-state index in [1.54, 1.807) is 12.3 Å². The molecule has 1 heterocycles. The number of rotatable bonds is 6. The number of pyridine rings is 1. The van der Waals surface area contributed by atoms with Crippen molar-refractivity contribution in [1.82, 2.24) is 10.3 Å². The maximum absolute atomic E-state index is 13.5. The van der Waals surface area contributed by atoms with Crippen LogP contribution in [0.5, 0.6) is 5.88 Å². The van der Waals surface area contributed by atoms with Gasteiger partial charge in [0.2, 0.25) is 5.88 Å². The van der Waals surface area contributed by atoms with E-state index in [1.165, 1.54) is 25.3 Å². The lowest BCUT2D eigenvalue weighted by molar-refractivity contribution is -0.257. The van der Waals surface area contributed by atoms with Gasteiger partial charge < -0.3 is 15.2 Å². The van der Waals surface area contributed by atoms with Gasteiger partial charge in [-0.25, -0.2) is 4.98 Å². The van der Waals surface area contributed by atoms with Gasteiger partial charge >= 0.3 is 6.18 Å². The van der Waals surface area contributed by atoms with Crippen molar-refractivity contribution in [2.45, 2.75) is 37.1 Å². The van der Waals surface area contributed by atoms with Crippen LogP contribution >= 0.6 is 0 Å². The summed E-state index contributed by atoms with van der Waals surface area (Å²) in [7, 11) is 1.39. The molecule has 3 rings (SSSR count). The second-order valence-electron chi connectivity index (χ2n) is 6.47. The summed E-state index contributed by atoms with van der Waals surface area (Å²) in [6.45, 7) is -0.249. The lowest BCUT2D eigenvalue weighted by Crippen LogP contribution is -2.54. The molecule has 1 saturated carbocycles. The fourth-order valence-electron chi connectivity index (χ4n) is 2.87. The molecule has 5 nitrogen and oxygen atoms in total. The number of hydrogen-bond acceptors (Lipinski definition) is 4. The largest absolute Gasteiger partial charge is 0.481 e. The van der Waals surface area contributed by atoms with Gasteiger partial charge in [0, 0.05) is 23.9 Å². The average Bonchev–Trinajstić information content (AvgIpc) is 3.50. The lowest BCUT2D eigenvalue weighted by Gasteiger charge is -2.29. The van der Waals surface area contributed by atoms with Gasteiger partial charge in [0.25, 0.3) is 11.5 Å². The van der Waals surface area contributed by atoms with Crippen molar-refractivity contribution in [3.05, 3.63) is 59.3 Å². The van der Waals surface area contributed by atoms with Gasteiger partial charge in [0.1, 0.15) is 0 Å². The SMILES string of the molecule is COc1ncc(C2CC2)cc1CNC(=O)C(O)(c1ccccc1)C(F)(F)F. The van der Waals surface area contributed by atoms with Gasteiger partial charge in [0.05, 0.1) is 7.11 Å². The van der Waals surface area contributed by atoms with Crippen molar-refractivity contribution in [2.75, 3.05) is 7.11 Å². The zero-order valence-electron chi connectivity index (χ0n) is 14.6. The van der Waals surface area contributed by atoms with Crippen LogP contribution in [0, 0.1) is 0 Å². The highest BCUT2D eigenvalue weighted by Gasteiger charge is 2.60. The van der Waals surface area contributed by atoms with Gasteiger partial charge in [-0.3, -0.25) is 4.79 Å². The Bertz CT molecular complexity index is 823. The zero-order chi connectivity index (χ0) is 19.7. The number of nitrogens with one attached hydrogen (secondary N) is 1. The second-order valence-corrected chi connectivity index (χ2v) is 6.47. The molecule has 1 atom stereocenters. The molecule has 144 valence electrons. The number of hydrogen-bond donors (Lipinski definition) is 2. The van der Waals surface area contributed by atoms with E-state index in [0.29, 0.717) is 11.5 Å². The van der Waals surface area contributed by atoms with Crippen LogP contribution in [0.15, 0.2) is 42.6 Å². The molecular formula is C19H19F3N2O3. The minimum atomic E-state index is -5.18. The Hall–Kier alpha value is -2.61. The van der Waals surface area contributed by atoms with E-state index in [4.69, 9.17) is 4.74 Å². The first kappa shape index (κ1) is 19.2. The quantitative estimate of drug-likeness (QED) is 0.808. The van der Waals surface area contributed by atoms with Crippen LogP contribution < -0.4 is 10.1 Å². The van der Waals surface area contributed by atoms with E-state index in [9.17, 15) is 23.1 Å². The predicted octanol–water partition coefficient (Wildman–Crippen LogP) is 3.03. The van der Waals surface area contributed by atoms with E-state index >= 15 is 0 Å². The topological polar surface area (TPSA) is 71.5 Å². The zero-order valence-corrected chi connectivity index (χ0v) is 14.6. The molecule has 2 N–H and O–H groups in total. The highest BCUT2D eigenvalue weighted by molar-refractivity contribution is 5.87. The molecule has 1 fully saturated rings. The van der Waals surface area contributed by atoms with E-state index in [-0.39, 0.29) is 12.4 Å². The average molecular weight is 380 g/mol. The van der Waals surface area contributed by atoms with Gasteiger partial charge in [-0.15, -0.1) is 0 Å². The van der Waals surface area contributed by atoms with E-state index in [1.807, 2.05) is 0 Å². The summed E-state index contributed by atoms with van der Waals surface area (Å²) in [6.07, 6.45) is -1.46. The van der Waals surface area contributed by atoms with Crippen LogP contribution in [-0.2, 0) is 16.9 Å². The second kappa shape index (κ2) is 7.19. The third-order valence-corrected chi connectivity index (χ3v) is 4.56. The molecule has 8 heteroatoms. The molecule has 27 heavy (non-hydrogen) atoms. The maximum Gasteiger partial charge on any atom is 0.430 e. The van der Waals surface area contributed by atoms with Gasteiger partial charge in [-0.05, 0) is 30.4 Å². The monoisotopic (exact) mass is 380 g/mol. The predicted molar refractivity (Wildman–Crippen MR) is 91.0 cm³/mol. The first-order valence-electron chi connectivity index (χ1n) is 8.43. The van der Waals surface area contributed by atoms with Gasteiger partial charge in [-0.1, -0.05) is 30.3 Å². The number of nitrogens with zero attached hydrogens (tertiary/aromatic N) is 1. The van der Waals surface area contributed by atoms with E-state index < -0.39 is 23.2 Å². The Morgan fingerprint density at radius 3 is 2.52 bits per heavy atom. The fourth-order valence-corrected chi connectivity index (χ4v) is 2.87. The molecule has 0 bridgehead atoms. The van der Waals surface area contributed by atoms with Crippen LogP contribution in [0.2, 0.25) is 0 Å². The van der Waals surface area contributed by atoms with Crippen molar-refractivity contribution >= 4 is 5.91 Å². The number of carbonyl (C=O) groups excluding carboxylic acids is 1. The van der Waals surface area contributed by atoms with Gasteiger partial charge in [-0.2, -0.15) is 13.2 Å². The number of methoxy groups -OCH3 is 1. The number of aromatic nitrogens is 1. The number of carbonyl (C=O) groups is 1. The number of alkyl halides is 3. The molecule has 0 spiro atoms. The summed E-state index contributed by atoms with van der Waals surface area (Å²) in [4.78, 5) is 16.5. The first-order chi connectivity index (χ1) is 12.8. The van der Waals surface area contributed by atoms with E-state index in [2.05, 4.69) is 10.3 Å². The van der Waals surface area contributed by atoms with Crippen LogP contribution in [-0.4, -0.2) is 29.3 Å². The summed E-state index contributed by atoms with van der Waals surface area (Å²) in [5, 5.41) is 12.4. The molecule has 1 aliphatic rings. The maximum atomic E-state index is 13.5. The molecule has 2 aromatic rings. The Labute approximate surface area is 154 Å². The minimum absolute atomic E-state index is 0.218. The highest BCUT2D eigenvalue weighted by Crippen LogP contribution is 2.41. The summed E-state index contributed by atoms with van der Waals surface area (Å²) in [5.74, 6) is -0.954. The summed E-state index contributed by atoms with van der Waals surface area (Å²) in [6, 6.07) is 8.03. The van der Waals surface area contributed by atoms with Crippen molar-refractivity contribution < 1.29 is 27.8 Å². The number of halogens is 3. The normalized spacial score (nSPS) is 16.5. The highest BCUT2D eigenvalue weighted by atomic mass is 19.4. The van der Waals surface area contributed by atoms with Crippen LogP contribution in [0.4, 0.5) is 13.2 Å². The van der Waals surface area contributed by atoms with E-state index in [0.717, 1.165) is 30.5 Å². The molecule has 1 amide bonds.